The predicted molar refractivity (Wildman–Crippen MR) is 111 cm³/mol. The number of halogens is 1. The molecule has 0 saturated heterocycles. The molecule has 0 radical (unpaired) electrons. The summed E-state index contributed by atoms with van der Waals surface area (Å²) in [5.41, 5.74) is 3.78. The van der Waals surface area contributed by atoms with Gasteiger partial charge in [0.15, 0.2) is 5.96 Å². The van der Waals surface area contributed by atoms with Crippen molar-refractivity contribution < 1.29 is 12.8 Å². The van der Waals surface area contributed by atoms with Crippen LogP contribution in [0.15, 0.2) is 47.5 Å². The molecule has 0 aliphatic carbocycles. The molecule has 3 N–H and O–H groups in total. The number of nitrogens with zero attached hydrogens (tertiary/aromatic N) is 1. The SMILES string of the molecule is CN=C(NCCc1ccc(F)cc1C)NCc1ccc(CS(=O)(=O)NC)cc1. The lowest BCUT2D eigenvalue weighted by Crippen LogP contribution is -2.37. The van der Waals surface area contributed by atoms with Gasteiger partial charge in [-0.05, 0) is 54.8 Å². The van der Waals surface area contributed by atoms with E-state index in [4.69, 9.17) is 0 Å². The molecule has 0 amide bonds. The van der Waals surface area contributed by atoms with Gasteiger partial charge in [-0.25, -0.2) is 17.5 Å². The lowest BCUT2D eigenvalue weighted by molar-refractivity contribution is 0.587. The highest BCUT2D eigenvalue weighted by molar-refractivity contribution is 7.88. The van der Waals surface area contributed by atoms with Crippen LogP contribution in [0.3, 0.4) is 0 Å². The van der Waals surface area contributed by atoms with Gasteiger partial charge in [0.1, 0.15) is 5.82 Å². The summed E-state index contributed by atoms with van der Waals surface area (Å²) in [6.07, 6.45) is 0.765. The maximum Gasteiger partial charge on any atom is 0.215 e. The molecule has 0 atom stereocenters. The summed E-state index contributed by atoms with van der Waals surface area (Å²) in [5, 5.41) is 6.46. The molecule has 2 aromatic rings. The van der Waals surface area contributed by atoms with Gasteiger partial charge >= 0.3 is 0 Å². The van der Waals surface area contributed by atoms with Crippen molar-refractivity contribution in [2.24, 2.45) is 4.99 Å². The second-order valence-electron chi connectivity index (χ2n) is 6.45. The number of aryl methyl sites for hydroxylation is 1. The summed E-state index contributed by atoms with van der Waals surface area (Å²) >= 11 is 0. The predicted octanol–water partition coefficient (Wildman–Crippen LogP) is 2.09. The molecule has 0 heterocycles. The fraction of sp³-hybridized carbons (Fsp3) is 0.350. The van der Waals surface area contributed by atoms with Crippen LogP contribution >= 0.6 is 0 Å². The van der Waals surface area contributed by atoms with Crippen LogP contribution in [0.2, 0.25) is 0 Å². The second-order valence-corrected chi connectivity index (χ2v) is 8.38. The smallest absolute Gasteiger partial charge is 0.215 e. The molecule has 0 bridgehead atoms. The van der Waals surface area contributed by atoms with E-state index in [0.29, 0.717) is 19.0 Å². The lowest BCUT2D eigenvalue weighted by atomic mass is 10.1. The van der Waals surface area contributed by atoms with Gasteiger partial charge in [-0.2, -0.15) is 0 Å². The Morgan fingerprint density at radius 3 is 2.36 bits per heavy atom. The van der Waals surface area contributed by atoms with E-state index in [1.807, 2.05) is 19.1 Å². The summed E-state index contributed by atoms with van der Waals surface area (Å²) in [4.78, 5) is 4.19. The van der Waals surface area contributed by atoms with Gasteiger partial charge < -0.3 is 10.6 Å². The molecule has 0 unspecified atom stereocenters. The zero-order valence-electron chi connectivity index (χ0n) is 16.4. The van der Waals surface area contributed by atoms with Gasteiger partial charge in [0.2, 0.25) is 10.0 Å². The lowest BCUT2D eigenvalue weighted by Gasteiger charge is -2.13. The minimum absolute atomic E-state index is 0.0385. The topological polar surface area (TPSA) is 82.6 Å². The third-order valence-corrected chi connectivity index (χ3v) is 5.70. The molecule has 0 aliphatic rings. The van der Waals surface area contributed by atoms with Crippen LogP contribution in [0, 0.1) is 12.7 Å². The van der Waals surface area contributed by atoms with Crippen LogP contribution in [0.4, 0.5) is 4.39 Å². The van der Waals surface area contributed by atoms with Crippen molar-refractivity contribution in [3.63, 3.8) is 0 Å². The highest BCUT2D eigenvalue weighted by Crippen LogP contribution is 2.10. The summed E-state index contributed by atoms with van der Waals surface area (Å²) in [7, 11) is -0.164. The van der Waals surface area contributed by atoms with Crippen molar-refractivity contribution in [2.75, 3.05) is 20.6 Å². The molecule has 152 valence electrons. The molecule has 0 aromatic heterocycles. The Bertz CT molecular complexity index is 912. The number of hydrogen-bond acceptors (Lipinski definition) is 3. The summed E-state index contributed by atoms with van der Waals surface area (Å²) < 4.78 is 38.6. The van der Waals surface area contributed by atoms with Gasteiger partial charge in [0, 0.05) is 20.1 Å². The van der Waals surface area contributed by atoms with Crippen LogP contribution in [-0.2, 0) is 28.7 Å². The van der Waals surface area contributed by atoms with E-state index in [9.17, 15) is 12.8 Å². The number of sulfonamides is 1. The van der Waals surface area contributed by atoms with Crippen LogP contribution < -0.4 is 15.4 Å². The van der Waals surface area contributed by atoms with Crippen molar-refractivity contribution >= 4 is 16.0 Å². The third kappa shape index (κ3) is 6.94. The van der Waals surface area contributed by atoms with Crippen molar-refractivity contribution in [2.45, 2.75) is 25.6 Å². The highest BCUT2D eigenvalue weighted by Gasteiger charge is 2.08. The number of nitrogens with one attached hydrogen (secondary N) is 3. The van der Waals surface area contributed by atoms with Gasteiger partial charge in [0.05, 0.1) is 5.75 Å². The maximum atomic E-state index is 13.2. The van der Waals surface area contributed by atoms with Crippen LogP contribution in [0.5, 0.6) is 0 Å². The fourth-order valence-electron chi connectivity index (χ4n) is 2.71. The molecule has 2 rings (SSSR count). The Balaban J connectivity index is 1.81. The van der Waals surface area contributed by atoms with E-state index in [0.717, 1.165) is 28.7 Å². The Morgan fingerprint density at radius 2 is 1.75 bits per heavy atom. The minimum Gasteiger partial charge on any atom is -0.356 e. The molecule has 0 spiro atoms. The first-order valence-corrected chi connectivity index (χ1v) is 10.7. The monoisotopic (exact) mass is 406 g/mol. The molecular weight excluding hydrogens is 379 g/mol. The van der Waals surface area contributed by atoms with Gasteiger partial charge in [-0.3, -0.25) is 4.99 Å². The van der Waals surface area contributed by atoms with Crippen molar-refractivity contribution in [3.8, 4) is 0 Å². The molecule has 0 aliphatic heterocycles. The quantitative estimate of drug-likeness (QED) is 0.463. The summed E-state index contributed by atoms with van der Waals surface area (Å²) in [6, 6.07) is 12.2. The fourth-order valence-corrected chi connectivity index (χ4v) is 3.48. The first-order valence-electron chi connectivity index (χ1n) is 9.01. The largest absolute Gasteiger partial charge is 0.356 e. The Labute approximate surface area is 166 Å². The number of benzene rings is 2. The number of guanidine groups is 1. The van der Waals surface area contributed by atoms with Gasteiger partial charge in [-0.15, -0.1) is 0 Å². The molecule has 8 heteroatoms. The minimum atomic E-state index is -3.27. The Kier molecular flexibility index (Phi) is 7.95. The molecular formula is C20H27FN4O2S. The summed E-state index contributed by atoms with van der Waals surface area (Å²) in [6.45, 7) is 3.14. The van der Waals surface area contributed by atoms with E-state index in [1.165, 1.54) is 19.2 Å². The molecule has 0 fully saturated rings. The van der Waals surface area contributed by atoms with Crippen LogP contribution in [-0.4, -0.2) is 35.0 Å². The van der Waals surface area contributed by atoms with Crippen LogP contribution in [0.25, 0.3) is 0 Å². The van der Waals surface area contributed by atoms with Gasteiger partial charge in [-0.1, -0.05) is 30.3 Å². The zero-order chi connectivity index (χ0) is 20.6. The highest BCUT2D eigenvalue weighted by atomic mass is 32.2. The van der Waals surface area contributed by atoms with Crippen LogP contribution in [0.1, 0.15) is 22.3 Å². The third-order valence-electron chi connectivity index (χ3n) is 4.37. The average molecular weight is 407 g/mol. The normalized spacial score (nSPS) is 12.1. The number of aliphatic imine (C=N–C) groups is 1. The standard InChI is InChI=1S/C20H27FN4O2S/c1-15-12-19(21)9-8-18(15)10-11-24-20(22-2)25-13-16-4-6-17(7-5-16)14-28(26,27)23-3/h4-9,12,23H,10-11,13-14H2,1-3H3,(H2,22,24,25). The van der Waals surface area contributed by atoms with E-state index in [2.05, 4.69) is 20.3 Å². The zero-order valence-corrected chi connectivity index (χ0v) is 17.2. The summed E-state index contributed by atoms with van der Waals surface area (Å²) in [5.74, 6) is 0.409. The Morgan fingerprint density at radius 1 is 1.07 bits per heavy atom. The average Bonchev–Trinajstić information content (AvgIpc) is 2.67. The van der Waals surface area contributed by atoms with Crippen molar-refractivity contribution in [3.05, 3.63) is 70.5 Å². The van der Waals surface area contributed by atoms with E-state index >= 15 is 0 Å². The first-order chi connectivity index (χ1) is 13.3. The number of rotatable bonds is 8. The van der Waals surface area contributed by atoms with Crippen molar-refractivity contribution in [1.29, 1.82) is 0 Å². The number of hydrogen-bond donors (Lipinski definition) is 3. The molecule has 28 heavy (non-hydrogen) atoms. The first kappa shape index (κ1) is 21.8. The van der Waals surface area contributed by atoms with Gasteiger partial charge in [0.25, 0.3) is 0 Å². The molecule has 2 aromatic carbocycles. The second kappa shape index (κ2) is 10.2. The molecule has 0 saturated carbocycles. The maximum absolute atomic E-state index is 13.2. The van der Waals surface area contributed by atoms with Crippen molar-refractivity contribution in [1.82, 2.24) is 15.4 Å². The molecule has 6 nitrogen and oxygen atoms in total. The van der Waals surface area contributed by atoms with E-state index < -0.39 is 10.0 Å². The van der Waals surface area contributed by atoms with E-state index in [1.54, 1.807) is 25.2 Å². The Hall–Kier alpha value is -2.45. The van der Waals surface area contributed by atoms with E-state index in [-0.39, 0.29) is 11.6 Å².